The van der Waals surface area contributed by atoms with Crippen molar-refractivity contribution in [2.75, 3.05) is 0 Å². The molecule has 0 fully saturated rings. The average molecular weight is 293 g/mol. The fourth-order valence-corrected chi connectivity index (χ4v) is 1.78. The number of aromatic hydroxyl groups is 1. The summed E-state index contributed by atoms with van der Waals surface area (Å²) >= 11 is 5.74. The zero-order valence-electron chi connectivity index (χ0n) is 10.2. The lowest BCUT2D eigenvalue weighted by atomic mass is 10.1. The largest absolute Gasteiger partial charge is 0.507 e. The van der Waals surface area contributed by atoms with Crippen LogP contribution in [0.15, 0.2) is 48.5 Å². The summed E-state index contributed by atoms with van der Waals surface area (Å²) in [6.45, 7) is 0. The molecule has 0 aromatic heterocycles. The minimum absolute atomic E-state index is 0.0221. The number of rotatable bonds is 3. The summed E-state index contributed by atoms with van der Waals surface area (Å²) in [5, 5.41) is 19.7. The van der Waals surface area contributed by atoms with Gasteiger partial charge in [-0.25, -0.2) is 4.39 Å². The number of phenols is 1. The topological polar surface area (TPSA) is 57.5 Å². The van der Waals surface area contributed by atoms with Crippen LogP contribution in [0.25, 0.3) is 5.76 Å². The molecular formula is C15H10ClFO3. The van der Waals surface area contributed by atoms with E-state index in [0.717, 1.165) is 6.08 Å². The Kier molecular flexibility index (Phi) is 4.05. The van der Waals surface area contributed by atoms with Crippen LogP contribution in [0, 0.1) is 5.82 Å². The Morgan fingerprint density at radius 3 is 2.45 bits per heavy atom. The summed E-state index contributed by atoms with van der Waals surface area (Å²) in [6, 6.07) is 9.04. The van der Waals surface area contributed by atoms with Crippen molar-refractivity contribution in [1.29, 1.82) is 0 Å². The number of aliphatic hydroxyl groups is 1. The van der Waals surface area contributed by atoms with Crippen molar-refractivity contribution in [1.82, 2.24) is 0 Å². The number of benzene rings is 2. The van der Waals surface area contributed by atoms with E-state index in [4.69, 9.17) is 11.6 Å². The number of carbonyl (C=O) groups is 1. The van der Waals surface area contributed by atoms with Gasteiger partial charge in [0.2, 0.25) is 0 Å². The van der Waals surface area contributed by atoms with Gasteiger partial charge in [-0.05, 0) is 42.5 Å². The second-order valence-electron chi connectivity index (χ2n) is 4.06. The van der Waals surface area contributed by atoms with Gasteiger partial charge >= 0.3 is 0 Å². The van der Waals surface area contributed by atoms with Crippen LogP contribution < -0.4 is 0 Å². The quantitative estimate of drug-likeness (QED) is 0.511. The van der Waals surface area contributed by atoms with Crippen LogP contribution in [0.4, 0.5) is 4.39 Å². The van der Waals surface area contributed by atoms with Crippen LogP contribution >= 0.6 is 11.6 Å². The highest BCUT2D eigenvalue weighted by molar-refractivity contribution is 6.31. The Morgan fingerprint density at radius 2 is 1.80 bits per heavy atom. The summed E-state index contributed by atoms with van der Waals surface area (Å²) in [5.41, 5.74) is 0.271. The van der Waals surface area contributed by atoms with Crippen LogP contribution in [0.5, 0.6) is 5.75 Å². The lowest BCUT2D eigenvalue weighted by Gasteiger charge is -2.03. The monoisotopic (exact) mass is 292 g/mol. The number of hydrogen-bond donors (Lipinski definition) is 2. The molecule has 102 valence electrons. The van der Waals surface area contributed by atoms with E-state index in [-0.39, 0.29) is 17.1 Å². The standard InChI is InChI=1S/C15H10ClFO3/c16-10-3-6-13(18)12(7-10)15(20)8-14(19)9-1-4-11(17)5-2-9/h1-8,18-19H/b14-8-. The summed E-state index contributed by atoms with van der Waals surface area (Å²) in [6.07, 6.45) is 0.943. The van der Waals surface area contributed by atoms with Gasteiger partial charge in [-0.15, -0.1) is 0 Å². The second kappa shape index (κ2) is 5.75. The molecule has 0 radical (unpaired) electrons. The number of carbonyl (C=O) groups excluding carboxylic acids is 1. The van der Waals surface area contributed by atoms with Gasteiger partial charge in [0.25, 0.3) is 0 Å². The average Bonchev–Trinajstić information content (AvgIpc) is 2.42. The van der Waals surface area contributed by atoms with Gasteiger partial charge in [-0.2, -0.15) is 0 Å². The van der Waals surface area contributed by atoms with Crippen LogP contribution in [0.2, 0.25) is 5.02 Å². The first-order valence-electron chi connectivity index (χ1n) is 5.67. The van der Waals surface area contributed by atoms with Crippen LogP contribution in [-0.4, -0.2) is 16.0 Å². The van der Waals surface area contributed by atoms with Crippen LogP contribution in [0.3, 0.4) is 0 Å². The first-order chi connectivity index (χ1) is 9.47. The summed E-state index contributed by atoms with van der Waals surface area (Å²) in [4.78, 5) is 11.9. The highest BCUT2D eigenvalue weighted by atomic mass is 35.5. The van der Waals surface area contributed by atoms with Gasteiger partial charge in [0, 0.05) is 16.7 Å². The zero-order valence-corrected chi connectivity index (χ0v) is 10.9. The summed E-state index contributed by atoms with van der Waals surface area (Å²) in [5.74, 6) is -1.61. The molecule has 0 bridgehead atoms. The van der Waals surface area contributed by atoms with Gasteiger partial charge in [-0.3, -0.25) is 4.79 Å². The van der Waals surface area contributed by atoms with Gasteiger partial charge in [-0.1, -0.05) is 11.6 Å². The Hall–Kier alpha value is -2.33. The van der Waals surface area contributed by atoms with Gasteiger partial charge in [0.1, 0.15) is 17.3 Å². The van der Waals surface area contributed by atoms with E-state index in [0.29, 0.717) is 10.6 Å². The fraction of sp³-hybridized carbons (Fsp3) is 0. The molecule has 0 spiro atoms. The molecule has 2 rings (SSSR count). The number of allylic oxidation sites excluding steroid dienone is 1. The predicted octanol–water partition coefficient (Wildman–Crippen LogP) is 3.97. The Balaban J connectivity index is 2.32. The van der Waals surface area contributed by atoms with E-state index in [9.17, 15) is 19.4 Å². The highest BCUT2D eigenvalue weighted by Gasteiger charge is 2.11. The molecule has 20 heavy (non-hydrogen) atoms. The molecule has 0 saturated heterocycles. The van der Waals surface area contributed by atoms with Crippen molar-refractivity contribution in [2.24, 2.45) is 0 Å². The van der Waals surface area contributed by atoms with Gasteiger partial charge < -0.3 is 10.2 Å². The number of phenolic OH excluding ortho intramolecular Hbond substituents is 1. The van der Waals surface area contributed by atoms with E-state index in [2.05, 4.69) is 0 Å². The third-order valence-electron chi connectivity index (χ3n) is 2.63. The molecule has 2 N–H and O–H groups in total. The van der Waals surface area contributed by atoms with Crippen molar-refractivity contribution in [3.05, 3.63) is 70.5 Å². The predicted molar refractivity (Wildman–Crippen MR) is 74.5 cm³/mol. The van der Waals surface area contributed by atoms with Gasteiger partial charge in [0.15, 0.2) is 5.78 Å². The molecule has 0 heterocycles. The zero-order chi connectivity index (χ0) is 14.7. The summed E-state index contributed by atoms with van der Waals surface area (Å²) in [7, 11) is 0. The van der Waals surface area contributed by atoms with Gasteiger partial charge in [0.05, 0.1) is 5.56 Å². The minimum atomic E-state index is -0.605. The number of ketones is 1. The molecule has 2 aromatic rings. The molecule has 0 atom stereocenters. The first kappa shape index (κ1) is 14.1. The normalized spacial score (nSPS) is 11.4. The summed E-state index contributed by atoms with van der Waals surface area (Å²) < 4.78 is 12.8. The lowest BCUT2D eigenvalue weighted by Crippen LogP contribution is -1.97. The third-order valence-corrected chi connectivity index (χ3v) is 2.87. The molecule has 0 unspecified atom stereocenters. The Labute approximate surface area is 119 Å². The third kappa shape index (κ3) is 3.16. The Bertz CT molecular complexity index is 678. The van der Waals surface area contributed by atoms with Crippen molar-refractivity contribution in [3.8, 4) is 5.75 Å². The smallest absolute Gasteiger partial charge is 0.193 e. The van der Waals surface area contributed by atoms with E-state index < -0.39 is 11.6 Å². The molecular weight excluding hydrogens is 283 g/mol. The number of hydrogen-bond acceptors (Lipinski definition) is 3. The maximum absolute atomic E-state index is 12.8. The lowest BCUT2D eigenvalue weighted by molar-refractivity contribution is 0.104. The maximum atomic E-state index is 12.8. The van der Waals surface area contributed by atoms with Crippen molar-refractivity contribution in [2.45, 2.75) is 0 Å². The van der Waals surface area contributed by atoms with Crippen LogP contribution in [-0.2, 0) is 0 Å². The number of halogens is 2. The molecule has 0 saturated carbocycles. The molecule has 5 heteroatoms. The number of aliphatic hydroxyl groups excluding tert-OH is 1. The van der Waals surface area contributed by atoms with E-state index in [1.165, 1.54) is 42.5 Å². The van der Waals surface area contributed by atoms with Crippen LogP contribution in [0.1, 0.15) is 15.9 Å². The molecule has 2 aromatic carbocycles. The van der Waals surface area contributed by atoms with E-state index in [1.54, 1.807) is 0 Å². The second-order valence-corrected chi connectivity index (χ2v) is 4.50. The van der Waals surface area contributed by atoms with E-state index in [1.807, 2.05) is 0 Å². The van der Waals surface area contributed by atoms with E-state index >= 15 is 0 Å². The SMILES string of the molecule is O=C(/C=C(\O)c1ccc(F)cc1)c1cc(Cl)ccc1O. The van der Waals surface area contributed by atoms with Crippen molar-refractivity contribution in [3.63, 3.8) is 0 Å². The highest BCUT2D eigenvalue weighted by Crippen LogP contribution is 2.23. The fourth-order valence-electron chi connectivity index (χ4n) is 1.61. The maximum Gasteiger partial charge on any atom is 0.193 e. The van der Waals surface area contributed by atoms with Crippen molar-refractivity contribution >= 4 is 23.1 Å². The first-order valence-corrected chi connectivity index (χ1v) is 6.04. The molecule has 0 aliphatic heterocycles. The Morgan fingerprint density at radius 1 is 1.15 bits per heavy atom. The molecule has 3 nitrogen and oxygen atoms in total. The molecule has 0 aliphatic rings. The molecule has 0 amide bonds. The minimum Gasteiger partial charge on any atom is -0.507 e. The molecule has 0 aliphatic carbocycles. The van der Waals surface area contributed by atoms with Crippen molar-refractivity contribution < 1.29 is 19.4 Å².